The first-order chi connectivity index (χ1) is 8.93. The van der Waals surface area contributed by atoms with Crippen LogP contribution in [0.4, 0.5) is 0 Å². The van der Waals surface area contributed by atoms with E-state index < -0.39 is 5.60 Å². The lowest BCUT2D eigenvalue weighted by Gasteiger charge is -2.35. The van der Waals surface area contributed by atoms with E-state index in [2.05, 4.69) is 19.2 Å². The molecule has 19 heavy (non-hydrogen) atoms. The second-order valence-electron chi connectivity index (χ2n) is 5.80. The van der Waals surface area contributed by atoms with Gasteiger partial charge in [0, 0.05) is 52.1 Å². The van der Waals surface area contributed by atoms with E-state index in [0.717, 1.165) is 13.0 Å². The summed E-state index contributed by atoms with van der Waals surface area (Å²) in [6.45, 7) is 6.61. The van der Waals surface area contributed by atoms with E-state index in [9.17, 15) is 9.90 Å². The molecule has 0 aromatic carbocycles. The number of carbonyl (C=O) groups excluding carboxylic acids is 1. The molecule has 0 aliphatic carbocycles. The molecule has 112 valence electrons. The normalized spacial score (nSPS) is 18.6. The number of likely N-dealkylation sites (N-methyl/N-ethyl adjacent to an activating group) is 1. The molecular formula is C14H28N2O3. The lowest BCUT2D eigenvalue weighted by atomic mass is 9.94. The van der Waals surface area contributed by atoms with Crippen LogP contribution in [0, 0.1) is 0 Å². The molecule has 2 N–H and O–H groups in total. The Labute approximate surface area is 116 Å². The van der Waals surface area contributed by atoms with Crippen LogP contribution >= 0.6 is 0 Å². The zero-order valence-electron chi connectivity index (χ0n) is 12.4. The topological polar surface area (TPSA) is 61.8 Å². The van der Waals surface area contributed by atoms with Crippen LogP contribution in [0.15, 0.2) is 0 Å². The molecule has 0 radical (unpaired) electrons. The highest BCUT2D eigenvalue weighted by molar-refractivity contribution is 5.75. The maximum Gasteiger partial charge on any atom is 0.222 e. The number of hydrogen-bond donors (Lipinski definition) is 2. The van der Waals surface area contributed by atoms with Crippen LogP contribution in [0.3, 0.4) is 0 Å². The van der Waals surface area contributed by atoms with Crippen molar-refractivity contribution in [3.8, 4) is 0 Å². The van der Waals surface area contributed by atoms with Crippen LogP contribution in [0.25, 0.3) is 0 Å². The number of rotatable bonds is 7. The maximum absolute atomic E-state index is 12.0. The Morgan fingerprint density at radius 1 is 1.42 bits per heavy atom. The van der Waals surface area contributed by atoms with E-state index >= 15 is 0 Å². The van der Waals surface area contributed by atoms with Gasteiger partial charge in [0.2, 0.25) is 5.91 Å². The van der Waals surface area contributed by atoms with Crippen molar-refractivity contribution < 1.29 is 14.6 Å². The monoisotopic (exact) mass is 272 g/mol. The molecule has 0 aromatic heterocycles. The van der Waals surface area contributed by atoms with Crippen LogP contribution in [0.1, 0.15) is 39.5 Å². The Morgan fingerprint density at radius 2 is 2.05 bits per heavy atom. The predicted octanol–water partition coefficient (Wildman–Crippen LogP) is 0.764. The summed E-state index contributed by atoms with van der Waals surface area (Å²) >= 11 is 0. The van der Waals surface area contributed by atoms with E-state index in [0.29, 0.717) is 45.1 Å². The summed E-state index contributed by atoms with van der Waals surface area (Å²) in [5, 5.41) is 13.6. The zero-order valence-corrected chi connectivity index (χ0v) is 12.4. The van der Waals surface area contributed by atoms with Gasteiger partial charge in [-0.3, -0.25) is 4.79 Å². The second kappa shape index (κ2) is 7.82. The van der Waals surface area contributed by atoms with Gasteiger partial charge in [-0.1, -0.05) is 13.8 Å². The second-order valence-corrected chi connectivity index (χ2v) is 5.80. The van der Waals surface area contributed by atoms with Crippen LogP contribution in [-0.2, 0) is 9.53 Å². The summed E-state index contributed by atoms with van der Waals surface area (Å²) in [6, 6.07) is 0.454. The highest BCUT2D eigenvalue weighted by atomic mass is 16.5. The molecule has 1 aliphatic heterocycles. The van der Waals surface area contributed by atoms with Gasteiger partial charge in [-0.15, -0.1) is 0 Å². The van der Waals surface area contributed by atoms with E-state index in [1.807, 2.05) is 0 Å². The minimum Gasteiger partial charge on any atom is -0.388 e. The van der Waals surface area contributed by atoms with Gasteiger partial charge in [-0.2, -0.15) is 0 Å². The van der Waals surface area contributed by atoms with Crippen LogP contribution in [0.2, 0.25) is 0 Å². The smallest absolute Gasteiger partial charge is 0.222 e. The fourth-order valence-corrected chi connectivity index (χ4v) is 2.26. The summed E-state index contributed by atoms with van der Waals surface area (Å²) in [7, 11) is 1.77. The van der Waals surface area contributed by atoms with Crippen molar-refractivity contribution in [3.05, 3.63) is 0 Å². The molecule has 5 nitrogen and oxygen atoms in total. The van der Waals surface area contributed by atoms with Gasteiger partial charge in [0.25, 0.3) is 0 Å². The van der Waals surface area contributed by atoms with Gasteiger partial charge < -0.3 is 20.1 Å². The van der Waals surface area contributed by atoms with Crippen LogP contribution in [-0.4, -0.2) is 60.9 Å². The fraction of sp³-hybridized carbons (Fsp3) is 0.929. The molecule has 1 aliphatic rings. The van der Waals surface area contributed by atoms with E-state index in [1.54, 1.807) is 11.9 Å². The van der Waals surface area contributed by atoms with Crippen molar-refractivity contribution in [2.24, 2.45) is 0 Å². The predicted molar refractivity (Wildman–Crippen MR) is 75.0 cm³/mol. The number of aliphatic hydroxyl groups is 1. The molecule has 5 heteroatoms. The number of amides is 1. The Bertz CT molecular complexity index is 276. The van der Waals surface area contributed by atoms with Crippen molar-refractivity contribution in [1.82, 2.24) is 10.2 Å². The Morgan fingerprint density at radius 3 is 2.63 bits per heavy atom. The molecule has 0 atom stereocenters. The van der Waals surface area contributed by atoms with Crippen molar-refractivity contribution in [3.63, 3.8) is 0 Å². The third-order valence-electron chi connectivity index (χ3n) is 3.50. The van der Waals surface area contributed by atoms with E-state index in [4.69, 9.17) is 4.74 Å². The molecule has 0 bridgehead atoms. The molecule has 1 amide bonds. The molecule has 1 fully saturated rings. The third-order valence-corrected chi connectivity index (χ3v) is 3.50. The molecule has 0 saturated carbocycles. The molecule has 0 spiro atoms. The van der Waals surface area contributed by atoms with Gasteiger partial charge in [-0.05, 0) is 13.0 Å². The van der Waals surface area contributed by atoms with E-state index in [1.165, 1.54) is 0 Å². The zero-order chi connectivity index (χ0) is 14.3. The van der Waals surface area contributed by atoms with Crippen LogP contribution < -0.4 is 5.32 Å². The fourth-order valence-electron chi connectivity index (χ4n) is 2.26. The van der Waals surface area contributed by atoms with Crippen molar-refractivity contribution in [2.75, 3.05) is 33.4 Å². The lowest BCUT2D eigenvalue weighted by molar-refractivity contribution is -0.136. The maximum atomic E-state index is 12.0. The largest absolute Gasteiger partial charge is 0.388 e. The van der Waals surface area contributed by atoms with Crippen molar-refractivity contribution >= 4 is 5.91 Å². The SMILES string of the molecule is CC(C)NCCCC(=O)N(C)CC1(O)CCOCC1. The van der Waals surface area contributed by atoms with Gasteiger partial charge in [-0.25, -0.2) is 0 Å². The van der Waals surface area contributed by atoms with Crippen LogP contribution in [0.5, 0.6) is 0 Å². The molecule has 0 aromatic rings. The van der Waals surface area contributed by atoms with Crippen molar-refractivity contribution in [2.45, 2.75) is 51.2 Å². The summed E-state index contributed by atoms with van der Waals surface area (Å²) in [6.07, 6.45) is 2.59. The first-order valence-electron chi connectivity index (χ1n) is 7.20. The highest BCUT2D eigenvalue weighted by Gasteiger charge is 2.32. The quantitative estimate of drug-likeness (QED) is 0.672. The minimum absolute atomic E-state index is 0.102. The number of ether oxygens (including phenoxy) is 1. The first kappa shape index (κ1) is 16.4. The average molecular weight is 272 g/mol. The molecule has 1 saturated heterocycles. The summed E-state index contributed by atoms with van der Waals surface area (Å²) < 4.78 is 5.24. The van der Waals surface area contributed by atoms with Gasteiger partial charge in [0.15, 0.2) is 0 Å². The molecule has 1 rings (SSSR count). The molecule has 1 heterocycles. The Hall–Kier alpha value is -0.650. The summed E-state index contributed by atoms with van der Waals surface area (Å²) in [4.78, 5) is 13.6. The minimum atomic E-state index is -0.765. The Balaban J connectivity index is 2.24. The first-order valence-corrected chi connectivity index (χ1v) is 7.20. The van der Waals surface area contributed by atoms with Gasteiger partial charge in [0.05, 0.1) is 5.60 Å². The number of hydrogen-bond acceptors (Lipinski definition) is 4. The molecular weight excluding hydrogens is 244 g/mol. The number of carbonyl (C=O) groups is 1. The lowest BCUT2D eigenvalue weighted by Crippen LogP contribution is -2.47. The summed E-state index contributed by atoms with van der Waals surface area (Å²) in [5.74, 6) is 0.102. The van der Waals surface area contributed by atoms with Gasteiger partial charge >= 0.3 is 0 Å². The standard InChI is InChI=1S/C14H28N2O3/c1-12(2)15-8-4-5-13(17)16(3)11-14(18)6-9-19-10-7-14/h12,15,18H,4-11H2,1-3H3. The van der Waals surface area contributed by atoms with Gasteiger partial charge in [0.1, 0.15) is 0 Å². The average Bonchev–Trinajstić information content (AvgIpc) is 2.34. The number of nitrogens with one attached hydrogen (secondary N) is 1. The highest BCUT2D eigenvalue weighted by Crippen LogP contribution is 2.21. The number of nitrogens with zero attached hydrogens (tertiary/aromatic N) is 1. The molecule has 0 unspecified atom stereocenters. The summed E-state index contributed by atoms with van der Waals surface area (Å²) in [5.41, 5.74) is -0.765. The third kappa shape index (κ3) is 6.36. The van der Waals surface area contributed by atoms with E-state index in [-0.39, 0.29) is 5.91 Å². The Kier molecular flexibility index (Phi) is 6.75. The van der Waals surface area contributed by atoms with Crippen molar-refractivity contribution in [1.29, 1.82) is 0 Å².